The molecule has 21 rings (SSSR count). The third kappa shape index (κ3) is 14.3. The quantitative estimate of drug-likeness (QED) is 0.0807. The Labute approximate surface area is 476 Å². The second kappa shape index (κ2) is 29.8. The van der Waals surface area contributed by atoms with E-state index in [9.17, 15) is 107 Å². The van der Waals surface area contributed by atoms with Crippen LogP contribution in [0.4, 0.5) is 0 Å². The number of hydrogen-bond acceptors (Lipinski definition) is 36. The first-order valence-electron chi connectivity index (χ1n) is 27.3. The molecule has 22 N–H and O–H groups in total. The molecule has 14 bridgehead atoms. The number of ether oxygens (including phenoxy) is 14. The molecule has 21 aliphatic heterocycles. The Morgan fingerprint density at radius 3 is 0.667 bits per heavy atom. The van der Waals surface area contributed by atoms with Crippen LogP contribution in [0.3, 0.4) is 0 Å². The number of carbonyl (C=O) groups excluding carboxylic acids is 1. The van der Waals surface area contributed by atoms with E-state index in [1.54, 1.807) is 0 Å². The van der Waals surface area contributed by atoms with Gasteiger partial charge in [0.25, 0.3) is 0 Å². The Hall–Kier alpha value is -1.93. The summed E-state index contributed by atoms with van der Waals surface area (Å²) in [6, 6.07) is 0. The number of nitrogens with one attached hydrogen (secondary N) is 2. The second-order valence-corrected chi connectivity index (χ2v) is 21.5. The Morgan fingerprint density at radius 2 is 0.476 bits per heavy atom. The minimum absolute atomic E-state index is 0.169. The van der Waals surface area contributed by atoms with Crippen molar-refractivity contribution in [3.63, 3.8) is 0 Å². The van der Waals surface area contributed by atoms with Crippen LogP contribution in [0.15, 0.2) is 0 Å². The topological polar surface area (TPSA) is 575 Å². The van der Waals surface area contributed by atoms with Crippen molar-refractivity contribution in [2.24, 2.45) is 0 Å². The number of hydrogen-bond donors (Lipinski definition) is 22. The number of carbonyl (C=O) groups is 1. The summed E-state index contributed by atoms with van der Waals surface area (Å²) in [5.74, 6) is -0.315. The molecule has 21 fully saturated rings. The van der Waals surface area contributed by atoms with Crippen LogP contribution in [0.1, 0.15) is 13.3 Å². The molecule has 0 unspecified atom stereocenters. The van der Waals surface area contributed by atoms with Crippen LogP contribution < -0.4 is 10.6 Å². The Morgan fingerprint density at radius 1 is 0.286 bits per heavy atom. The molecule has 84 heavy (non-hydrogen) atoms. The van der Waals surface area contributed by atoms with E-state index in [1.807, 2.05) is 0 Å². The predicted octanol–water partition coefficient (Wildman–Crippen LogP) is -15.1. The fraction of sp³-hybridized carbons (Fsp3) is 0.979. The van der Waals surface area contributed by atoms with Crippen LogP contribution in [0.5, 0.6) is 0 Å². The van der Waals surface area contributed by atoms with E-state index in [4.69, 9.17) is 66.3 Å². The monoisotopic (exact) mass is 1230 g/mol. The van der Waals surface area contributed by atoms with Gasteiger partial charge in [0, 0.05) is 20.0 Å². The summed E-state index contributed by atoms with van der Waals surface area (Å²) in [7, 11) is 0. The molecule has 0 spiro atoms. The fourth-order valence-electron chi connectivity index (χ4n) is 11.2. The van der Waals surface area contributed by atoms with Crippen LogP contribution in [0.25, 0.3) is 0 Å². The lowest BCUT2D eigenvalue weighted by molar-refractivity contribution is -0.396. The molecule has 21 heterocycles. The van der Waals surface area contributed by atoms with Crippen molar-refractivity contribution in [3.8, 4) is 0 Å². The third-order valence-electron chi connectivity index (χ3n) is 15.9. The van der Waals surface area contributed by atoms with Crippen molar-refractivity contribution in [2.75, 3.05) is 59.3 Å². The largest absolute Gasteiger partial charge is 0.394 e. The summed E-state index contributed by atoms with van der Waals surface area (Å²) in [6.07, 6.45) is -69.4. The molecule has 0 aromatic rings. The van der Waals surface area contributed by atoms with Crippen LogP contribution >= 0.6 is 0 Å². The predicted molar refractivity (Wildman–Crippen MR) is 258 cm³/mol. The highest BCUT2D eigenvalue weighted by Gasteiger charge is 2.59. The van der Waals surface area contributed by atoms with Gasteiger partial charge in [-0.05, 0) is 13.0 Å². The fourth-order valence-corrected chi connectivity index (χ4v) is 11.2. The molecular weight excluding hydrogens is 1150 g/mol. The number of amides is 1. The van der Waals surface area contributed by atoms with E-state index in [0.29, 0.717) is 6.42 Å². The van der Waals surface area contributed by atoms with Gasteiger partial charge in [0.05, 0.1) is 39.6 Å². The van der Waals surface area contributed by atoms with E-state index < -0.39 is 255 Å². The first kappa shape index (κ1) is 68.0. The van der Waals surface area contributed by atoms with Crippen LogP contribution in [-0.4, -0.2) is 382 Å². The molecule has 21 saturated heterocycles. The maximum Gasteiger partial charge on any atom is 0.216 e. The minimum Gasteiger partial charge on any atom is -0.394 e. The molecule has 37 heteroatoms. The standard InChI is InChI=1S/C47H80N2O35/c1-12(56)49-4-2-3-48-5-13-34-20(57)27(64)41(71-13)79-35-14(6-50)73-43(29(66)22(35)59)81-37-16(8-52)75-45(31(68)24(37)61)83-39-18(10-54)77-47(33(70)26(39)63)84-40-19(11-55)76-46(32(69)25(40)62)82-38-17(9-53)74-44(30(67)23(38)60)80-36-15(7-51)72-42(78-34)28(65)21(36)58/h13-48,50-55,57-70H,2-11H2,1H3,(H,49,56)/t13-,14+,15-,16+,17-,18+,19-,20+,21-,22-,23+,24-,25+,26+,27-,28-,29-,30+,31+,32+,33+,34+,35+,36+,37+,38+,39+,40+,41+,42+,43+,44+,45+,46+,47+/m0/s1. The molecule has 488 valence electrons. The van der Waals surface area contributed by atoms with Crippen molar-refractivity contribution in [1.29, 1.82) is 0 Å². The number of aliphatic hydroxyl groups is 20. The molecule has 21 aliphatic rings. The average molecular weight is 1230 g/mol. The van der Waals surface area contributed by atoms with Gasteiger partial charge in [0.1, 0.15) is 171 Å². The first-order chi connectivity index (χ1) is 40.0. The van der Waals surface area contributed by atoms with E-state index in [1.165, 1.54) is 6.92 Å². The van der Waals surface area contributed by atoms with Gasteiger partial charge < -0.3 is 179 Å². The summed E-state index contributed by atoms with van der Waals surface area (Å²) in [4.78, 5) is 11.5. The molecular formula is C47H80N2O35. The molecule has 0 saturated carbocycles. The SMILES string of the molecule is CC(=O)NCCCNC[C@@H]1O[C@@H]2O[C@H]3[C@@H](O)[C@H](O)[C@@H](O[C@H]4[C@@H](O)[C@@H](O)[C@@H](O[C@H]5[C@H](O)[C@@H](O)[C@@H](O[C@H]6[C@H](O)[C@@H](O)[C@@H](O[C@H]7[C@H](O)[C@@H](O)[C@@H](O[C@H]8[C@@H](O)[C@H](O)[C@@H](O[C@H]1[C@H](O)[C@@H]2O)O[C@H]8CO)O[C@H]7CO)O[C@H]6CO)O[C@@H]5CO)O[C@@H]4CO)O[C@@H]3CO. The molecule has 37 nitrogen and oxygen atoms in total. The Bertz CT molecular complexity index is 2020. The lowest BCUT2D eigenvalue weighted by Crippen LogP contribution is -2.68. The second-order valence-electron chi connectivity index (χ2n) is 21.5. The Kier molecular flexibility index (Phi) is 24.1. The summed E-state index contributed by atoms with van der Waals surface area (Å²) in [5.41, 5.74) is 0. The molecule has 0 aromatic carbocycles. The van der Waals surface area contributed by atoms with Crippen LogP contribution in [0.2, 0.25) is 0 Å². The zero-order chi connectivity index (χ0) is 61.2. The summed E-state index contributed by atoms with van der Waals surface area (Å²) in [6.45, 7) is -4.88. The molecule has 0 aliphatic carbocycles. The highest BCUT2D eigenvalue weighted by atomic mass is 16.8. The number of aliphatic hydroxyl groups excluding tert-OH is 20. The van der Waals surface area contributed by atoms with Gasteiger partial charge in [0.15, 0.2) is 44.0 Å². The van der Waals surface area contributed by atoms with E-state index in [-0.39, 0.29) is 25.5 Å². The van der Waals surface area contributed by atoms with Gasteiger partial charge in [-0.25, -0.2) is 0 Å². The highest BCUT2D eigenvalue weighted by Crippen LogP contribution is 2.39. The minimum atomic E-state index is -2.21. The zero-order valence-corrected chi connectivity index (χ0v) is 44.8. The van der Waals surface area contributed by atoms with E-state index >= 15 is 0 Å². The molecule has 0 aromatic heterocycles. The van der Waals surface area contributed by atoms with Crippen LogP contribution in [0, 0.1) is 0 Å². The van der Waals surface area contributed by atoms with Gasteiger partial charge in [0.2, 0.25) is 5.91 Å². The van der Waals surface area contributed by atoms with Gasteiger partial charge >= 0.3 is 0 Å². The first-order valence-corrected chi connectivity index (χ1v) is 27.3. The van der Waals surface area contributed by atoms with E-state index in [2.05, 4.69) is 10.6 Å². The third-order valence-corrected chi connectivity index (χ3v) is 15.9. The smallest absolute Gasteiger partial charge is 0.216 e. The van der Waals surface area contributed by atoms with Crippen molar-refractivity contribution in [3.05, 3.63) is 0 Å². The van der Waals surface area contributed by atoms with Gasteiger partial charge in [-0.1, -0.05) is 0 Å². The summed E-state index contributed by atoms with van der Waals surface area (Å²) >= 11 is 0. The maximum atomic E-state index is 11.7. The molecule has 35 atom stereocenters. The van der Waals surface area contributed by atoms with Crippen molar-refractivity contribution >= 4 is 5.91 Å². The summed E-state index contributed by atoms with van der Waals surface area (Å²) < 4.78 is 81.0. The van der Waals surface area contributed by atoms with Gasteiger partial charge in [-0.2, -0.15) is 0 Å². The van der Waals surface area contributed by atoms with Gasteiger partial charge in [-0.15, -0.1) is 0 Å². The summed E-state index contributed by atoms with van der Waals surface area (Å²) in [5, 5.41) is 228. The Balaban J connectivity index is 1.09. The number of rotatable bonds is 12. The lowest BCUT2D eigenvalue weighted by atomic mass is 9.95. The lowest BCUT2D eigenvalue weighted by Gasteiger charge is -2.50. The zero-order valence-electron chi connectivity index (χ0n) is 44.8. The molecule has 1 amide bonds. The van der Waals surface area contributed by atoms with Gasteiger partial charge in [-0.3, -0.25) is 4.79 Å². The van der Waals surface area contributed by atoms with Crippen LogP contribution in [-0.2, 0) is 71.1 Å². The normalized spacial score (nSPS) is 51.7. The van der Waals surface area contributed by atoms with E-state index in [0.717, 1.165) is 0 Å². The van der Waals surface area contributed by atoms with Crippen molar-refractivity contribution < 1.29 is 173 Å². The highest BCUT2D eigenvalue weighted by molar-refractivity contribution is 5.72. The van der Waals surface area contributed by atoms with Crippen molar-refractivity contribution in [1.82, 2.24) is 10.6 Å². The average Bonchev–Trinajstić information content (AvgIpc) is 3.59. The molecule has 0 radical (unpaired) electrons. The van der Waals surface area contributed by atoms with Crippen molar-refractivity contribution in [2.45, 2.75) is 228 Å². The maximum absolute atomic E-state index is 11.7.